The van der Waals surface area contributed by atoms with Gasteiger partial charge in [0.2, 0.25) is 0 Å². The molecule has 1 aliphatic heterocycles. The van der Waals surface area contributed by atoms with Gasteiger partial charge in [-0.15, -0.1) is 0 Å². The first kappa shape index (κ1) is 23.3. The van der Waals surface area contributed by atoms with E-state index in [9.17, 15) is 0 Å². The average molecular weight is 468 g/mol. The Bertz CT molecular complexity index is 516. The smallest absolute Gasteiger partial charge is 0.0312 e. The van der Waals surface area contributed by atoms with Crippen LogP contribution in [0.3, 0.4) is 0 Å². The van der Waals surface area contributed by atoms with Crippen LogP contribution in [0, 0.1) is 62.1 Å². The van der Waals surface area contributed by atoms with Crippen LogP contribution in [0.1, 0.15) is 12.5 Å². The fraction of sp³-hybridized carbons (Fsp3) is 0.304. The molecule has 3 aliphatic rings. The molecule has 2 saturated carbocycles. The number of para-hydroxylation sites is 1. The molecule has 1 aromatic rings. The molecule has 1 heterocycles. The summed E-state index contributed by atoms with van der Waals surface area (Å²) in [6.45, 7) is 2.27. The molecule has 4 rings (SSSR count). The minimum Gasteiger partial charge on any atom is -0.0312 e. The monoisotopic (exact) mass is 469 g/mol. The molecule has 1 aromatic carbocycles. The summed E-state index contributed by atoms with van der Waals surface area (Å²) in [6.07, 6.45) is 18.2. The number of rotatable bonds is 5. The average Bonchev–Trinajstić information content (AvgIpc) is 3.41. The fourth-order valence-electron chi connectivity index (χ4n) is 3.02. The Kier molecular flexibility index (Phi) is 10.3. The minimum atomic E-state index is 0. The summed E-state index contributed by atoms with van der Waals surface area (Å²) in [4.78, 5) is 3.81. The maximum atomic E-state index is 6.06. The quantitative estimate of drug-likeness (QED) is 0.610. The molecule has 0 saturated heterocycles. The Hall–Kier alpha value is 0.0190. The first-order chi connectivity index (χ1) is 12.6. The van der Waals surface area contributed by atoms with Crippen LogP contribution in [-0.2, 0) is 23.5 Å². The van der Waals surface area contributed by atoms with Gasteiger partial charge in [0.1, 0.15) is 0 Å². The van der Waals surface area contributed by atoms with E-state index < -0.39 is 0 Å². The summed E-state index contributed by atoms with van der Waals surface area (Å²) in [7, 11) is 4.29. The van der Waals surface area contributed by atoms with E-state index in [1.165, 1.54) is 16.3 Å². The molecule has 142 valence electrons. The zero-order valence-corrected chi connectivity index (χ0v) is 18.9. The summed E-state index contributed by atoms with van der Waals surface area (Å²) < 4.78 is 6.06. The number of hydrogen-bond donors (Lipinski definition) is 0. The van der Waals surface area contributed by atoms with Crippen LogP contribution in [0.4, 0.5) is 0 Å². The zero-order valence-electron chi connectivity index (χ0n) is 16.1. The zero-order chi connectivity index (χ0) is 18.4. The van der Waals surface area contributed by atoms with Crippen molar-refractivity contribution < 1.29 is 21.8 Å². The largest absolute Gasteiger partial charge is 2.00 e. The number of nitrogens with zero attached hydrogens (tertiary/aromatic N) is 1. The van der Waals surface area contributed by atoms with E-state index in [4.69, 9.17) is 4.74 Å². The van der Waals surface area contributed by atoms with E-state index in [0.29, 0.717) is 27.1 Å². The van der Waals surface area contributed by atoms with E-state index in [-0.39, 0.29) is 17.1 Å². The van der Waals surface area contributed by atoms with Gasteiger partial charge in [-0.2, -0.15) is 0 Å². The Morgan fingerprint density at radius 2 is 1.70 bits per heavy atom. The normalized spacial score (nSPS) is 23.3. The molecule has 2 nitrogen and oxygen atoms in total. The van der Waals surface area contributed by atoms with Gasteiger partial charge in [-0.05, 0) is 32.1 Å². The molecule has 0 aromatic heterocycles. The van der Waals surface area contributed by atoms with Crippen molar-refractivity contribution in [3.8, 4) is 5.75 Å². The van der Waals surface area contributed by atoms with Gasteiger partial charge >= 0.3 is 152 Å². The third-order valence-corrected chi connectivity index (χ3v) is 7.29. The van der Waals surface area contributed by atoms with Crippen molar-refractivity contribution >= 4 is 15.0 Å². The SMILES string of the molecule is C[C@H]([C]1[CH][CH][CH][C]1[Se]CC1Cc2ccccc2O1)N(C)C.[CH]1[CH][CH][CH][CH]1.[Fe+2]. The summed E-state index contributed by atoms with van der Waals surface area (Å²) in [5.41, 5.74) is 1.36. The van der Waals surface area contributed by atoms with Crippen molar-refractivity contribution in [1.82, 2.24) is 4.90 Å². The van der Waals surface area contributed by atoms with Crippen molar-refractivity contribution in [2.45, 2.75) is 30.8 Å². The number of ether oxygens (including phenoxy) is 1. The number of fused-ring (bicyclic) bond motifs is 1. The molecule has 2 atom stereocenters. The maximum Gasteiger partial charge on any atom is 2.00 e. The second-order valence-electron chi connectivity index (χ2n) is 6.81. The third-order valence-electron chi connectivity index (χ3n) is 4.73. The second-order valence-corrected chi connectivity index (χ2v) is 9.04. The molecule has 2 aliphatic carbocycles. The summed E-state index contributed by atoms with van der Waals surface area (Å²) in [6, 6.07) is 8.91. The fourth-order valence-corrected chi connectivity index (χ4v) is 5.40. The third kappa shape index (κ3) is 6.79. The first-order valence-electron chi connectivity index (χ1n) is 9.11. The molecule has 1 unspecified atom stereocenters. The molecule has 27 heavy (non-hydrogen) atoms. The van der Waals surface area contributed by atoms with Gasteiger partial charge in [-0.3, -0.25) is 0 Å². The Balaban J connectivity index is 0.000000379. The van der Waals surface area contributed by atoms with E-state index >= 15 is 0 Å². The minimum absolute atomic E-state index is 0. The van der Waals surface area contributed by atoms with Gasteiger partial charge in [-0.25, -0.2) is 0 Å². The van der Waals surface area contributed by atoms with Gasteiger partial charge in [-0.1, -0.05) is 0 Å². The second kappa shape index (κ2) is 11.9. The van der Waals surface area contributed by atoms with E-state index in [0.717, 1.165) is 17.5 Å². The predicted molar refractivity (Wildman–Crippen MR) is 109 cm³/mol. The van der Waals surface area contributed by atoms with Gasteiger partial charge in [0, 0.05) is 0 Å². The van der Waals surface area contributed by atoms with Gasteiger partial charge in [0.05, 0.1) is 0 Å². The van der Waals surface area contributed by atoms with Crippen molar-refractivity contribution in [1.29, 1.82) is 0 Å². The molecule has 4 heteroatoms. The molecular weight excluding hydrogens is 441 g/mol. The summed E-state index contributed by atoms with van der Waals surface area (Å²) in [5.74, 6) is 2.57. The topological polar surface area (TPSA) is 12.5 Å². The van der Waals surface area contributed by atoms with Crippen molar-refractivity contribution in [3.05, 3.63) is 91.9 Å². The molecule has 0 spiro atoms. The molecule has 10 radical (unpaired) electrons. The van der Waals surface area contributed by atoms with Crippen LogP contribution in [0.5, 0.6) is 5.75 Å². The standard InChI is InChI=1S/C18H22NOSe.C5H5.Fe/c1-13(19(2)3)16-8-6-10-18(16)21-12-15-11-14-7-4-5-9-17(14)20-15;1-2-4-5-3-1;/h4-10,13,15H,11-12H2,1-3H3;1-5H;/q;;+2/t13-,15?;;/m1../s1. The van der Waals surface area contributed by atoms with Crippen molar-refractivity contribution in [3.63, 3.8) is 0 Å². The summed E-state index contributed by atoms with van der Waals surface area (Å²) in [5, 5.41) is 1.15. The first-order valence-corrected chi connectivity index (χ1v) is 11.2. The van der Waals surface area contributed by atoms with E-state index in [1.807, 2.05) is 32.1 Å². The van der Waals surface area contributed by atoms with E-state index in [1.54, 1.807) is 0 Å². The van der Waals surface area contributed by atoms with Crippen LogP contribution in [0.15, 0.2) is 24.3 Å². The van der Waals surface area contributed by atoms with Crippen LogP contribution >= 0.6 is 0 Å². The number of hydrogen-bond acceptors (Lipinski definition) is 2. The number of benzene rings is 1. The molecule has 0 amide bonds. The van der Waals surface area contributed by atoms with Crippen LogP contribution in [0.25, 0.3) is 0 Å². The Morgan fingerprint density at radius 1 is 1.04 bits per heavy atom. The van der Waals surface area contributed by atoms with Crippen LogP contribution < -0.4 is 4.74 Å². The molecule has 0 N–H and O–H groups in total. The molecular formula is C23H27FeNOSe+2. The molecule has 0 bridgehead atoms. The Morgan fingerprint density at radius 3 is 2.33 bits per heavy atom. The van der Waals surface area contributed by atoms with E-state index in [2.05, 4.69) is 69.4 Å². The van der Waals surface area contributed by atoms with Gasteiger partial charge < -0.3 is 0 Å². The van der Waals surface area contributed by atoms with Gasteiger partial charge in [0.25, 0.3) is 0 Å². The predicted octanol–water partition coefficient (Wildman–Crippen LogP) is 3.81. The van der Waals surface area contributed by atoms with Crippen molar-refractivity contribution in [2.75, 3.05) is 14.1 Å². The summed E-state index contributed by atoms with van der Waals surface area (Å²) >= 11 is 0.482. The Labute approximate surface area is 183 Å². The van der Waals surface area contributed by atoms with Gasteiger partial charge in [0.15, 0.2) is 0 Å². The van der Waals surface area contributed by atoms with Crippen LogP contribution in [-0.4, -0.2) is 46.1 Å². The maximum absolute atomic E-state index is 6.06. The van der Waals surface area contributed by atoms with Crippen LogP contribution in [0.2, 0.25) is 5.32 Å². The van der Waals surface area contributed by atoms with Crippen molar-refractivity contribution in [2.24, 2.45) is 0 Å². The molecule has 2 fully saturated rings.